The highest BCUT2D eigenvalue weighted by Gasteiger charge is 2.17. The van der Waals surface area contributed by atoms with Gasteiger partial charge in [0.15, 0.2) is 0 Å². The first-order valence-corrected chi connectivity index (χ1v) is 9.20. The van der Waals surface area contributed by atoms with E-state index in [1.807, 2.05) is 4.90 Å². The van der Waals surface area contributed by atoms with Crippen LogP contribution in [0.15, 0.2) is 47.4 Å². The van der Waals surface area contributed by atoms with E-state index in [1.54, 1.807) is 42.6 Å². The Bertz CT molecular complexity index is 1110. The number of benzene rings is 1. The number of fused-ring (bicyclic) bond motifs is 1. The lowest BCUT2D eigenvalue weighted by Crippen LogP contribution is -2.48. The molecule has 10 nitrogen and oxygen atoms in total. The molecular formula is C19H19N7O3. The van der Waals surface area contributed by atoms with Crippen LogP contribution in [0.4, 0.5) is 11.5 Å². The minimum atomic E-state index is -0.278. The van der Waals surface area contributed by atoms with Gasteiger partial charge < -0.3 is 15.5 Å². The Morgan fingerprint density at radius 1 is 1.17 bits per heavy atom. The molecular weight excluding hydrogens is 374 g/mol. The van der Waals surface area contributed by atoms with E-state index < -0.39 is 0 Å². The number of pyridine rings is 1. The van der Waals surface area contributed by atoms with Gasteiger partial charge in [-0.2, -0.15) is 0 Å². The molecule has 3 heterocycles. The van der Waals surface area contributed by atoms with Crippen molar-refractivity contribution in [2.24, 2.45) is 0 Å². The summed E-state index contributed by atoms with van der Waals surface area (Å²) in [6.45, 7) is 1.65. The quantitative estimate of drug-likeness (QED) is 0.633. The maximum atomic E-state index is 12.4. The SMILES string of the molecule is O=C1CN(c2ccc(NC(=O)CCn3nnc4ccccc4c3=O)cn2)CCN1. The summed E-state index contributed by atoms with van der Waals surface area (Å²) >= 11 is 0. The van der Waals surface area contributed by atoms with Crippen LogP contribution in [0.25, 0.3) is 10.9 Å². The number of anilines is 2. The van der Waals surface area contributed by atoms with E-state index in [2.05, 4.69) is 25.9 Å². The van der Waals surface area contributed by atoms with Gasteiger partial charge in [0.1, 0.15) is 11.3 Å². The Morgan fingerprint density at radius 2 is 2.03 bits per heavy atom. The van der Waals surface area contributed by atoms with Crippen molar-refractivity contribution in [1.82, 2.24) is 25.3 Å². The Labute approximate surface area is 165 Å². The van der Waals surface area contributed by atoms with E-state index in [4.69, 9.17) is 0 Å². The summed E-state index contributed by atoms with van der Waals surface area (Å²) in [7, 11) is 0. The maximum absolute atomic E-state index is 12.4. The van der Waals surface area contributed by atoms with Crippen molar-refractivity contribution in [2.45, 2.75) is 13.0 Å². The minimum Gasteiger partial charge on any atom is -0.353 e. The summed E-state index contributed by atoms with van der Waals surface area (Å²) < 4.78 is 1.19. The van der Waals surface area contributed by atoms with Crippen LogP contribution in [0, 0.1) is 0 Å². The molecule has 29 heavy (non-hydrogen) atoms. The van der Waals surface area contributed by atoms with Crippen molar-refractivity contribution in [3.05, 3.63) is 52.9 Å². The lowest BCUT2D eigenvalue weighted by molar-refractivity contribution is -0.120. The third-order valence-electron chi connectivity index (χ3n) is 4.57. The zero-order chi connectivity index (χ0) is 20.2. The Balaban J connectivity index is 1.36. The van der Waals surface area contributed by atoms with Crippen LogP contribution >= 0.6 is 0 Å². The molecule has 0 aliphatic carbocycles. The predicted molar refractivity (Wildman–Crippen MR) is 107 cm³/mol. The number of hydrogen-bond acceptors (Lipinski definition) is 7. The fourth-order valence-electron chi connectivity index (χ4n) is 3.08. The van der Waals surface area contributed by atoms with Gasteiger partial charge in [-0.3, -0.25) is 14.4 Å². The lowest BCUT2D eigenvalue weighted by atomic mass is 10.2. The zero-order valence-corrected chi connectivity index (χ0v) is 15.5. The van der Waals surface area contributed by atoms with Crippen molar-refractivity contribution < 1.29 is 9.59 Å². The van der Waals surface area contributed by atoms with Crippen molar-refractivity contribution >= 4 is 34.2 Å². The van der Waals surface area contributed by atoms with Gasteiger partial charge in [-0.05, 0) is 24.3 Å². The molecule has 0 atom stereocenters. The first-order valence-electron chi connectivity index (χ1n) is 9.20. The van der Waals surface area contributed by atoms with Crippen molar-refractivity contribution in [1.29, 1.82) is 0 Å². The zero-order valence-electron chi connectivity index (χ0n) is 15.5. The van der Waals surface area contributed by atoms with E-state index in [0.29, 0.717) is 35.5 Å². The second-order valence-corrected chi connectivity index (χ2v) is 6.61. The average Bonchev–Trinajstić information content (AvgIpc) is 2.74. The van der Waals surface area contributed by atoms with E-state index >= 15 is 0 Å². The highest BCUT2D eigenvalue weighted by atomic mass is 16.2. The largest absolute Gasteiger partial charge is 0.353 e. The molecule has 2 aromatic heterocycles. The molecule has 1 aliphatic heterocycles. The first kappa shape index (κ1) is 18.5. The van der Waals surface area contributed by atoms with Crippen LogP contribution in [0.3, 0.4) is 0 Å². The molecule has 3 aromatic rings. The van der Waals surface area contributed by atoms with Crippen molar-refractivity contribution in [3.8, 4) is 0 Å². The fourth-order valence-corrected chi connectivity index (χ4v) is 3.08. The van der Waals surface area contributed by atoms with E-state index in [1.165, 1.54) is 4.68 Å². The second kappa shape index (κ2) is 8.05. The summed E-state index contributed by atoms with van der Waals surface area (Å²) in [5.41, 5.74) is 0.785. The molecule has 1 saturated heterocycles. The van der Waals surface area contributed by atoms with Crippen LogP contribution in [-0.4, -0.2) is 51.4 Å². The summed E-state index contributed by atoms with van der Waals surface area (Å²) in [6.07, 6.45) is 1.61. The van der Waals surface area contributed by atoms with Crippen LogP contribution in [0.5, 0.6) is 0 Å². The number of amides is 2. The molecule has 1 aliphatic rings. The van der Waals surface area contributed by atoms with Crippen molar-refractivity contribution in [3.63, 3.8) is 0 Å². The maximum Gasteiger partial charge on any atom is 0.277 e. The molecule has 0 bridgehead atoms. The molecule has 2 amide bonds. The molecule has 10 heteroatoms. The number of carbonyl (C=O) groups is 2. The Hall–Kier alpha value is -3.82. The van der Waals surface area contributed by atoms with E-state index in [9.17, 15) is 14.4 Å². The predicted octanol–water partition coefficient (Wildman–Crippen LogP) is 0.151. The van der Waals surface area contributed by atoms with Gasteiger partial charge in [-0.25, -0.2) is 9.67 Å². The Morgan fingerprint density at radius 3 is 2.83 bits per heavy atom. The number of carbonyl (C=O) groups excluding carboxylic acids is 2. The van der Waals surface area contributed by atoms with Gasteiger partial charge in [0.05, 0.1) is 30.4 Å². The number of aryl methyl sites for hydroxylation is 1. The molecule has 0 radical (unpaired) electrons. The van der Waals surface area contributed by atoms with Gasteiger partial charge in [0.25, 0.3) is 5.56 Å². The monoisotopic (exact) mass is 393 g/mol. The third kappa shape index (κ3) is 4.21. The van der Waals surface area contributed by atoms with Crippen LogP contribution in [-0.2, 0) is 16.1 Å². The minimum absolute atomic E-state index is 0.0394. The lowest BCUT2D eigenvalue weighted by Gasteiger charge is -2.27. The van der Waals surface area contributed by atoms with Gasteiger partial charge in [0, 0.05) is 19.5 Å². The average molecular weight is 393 g/mol. The summed E-state index contributed by atoms with van der Waals surface area (Å²) in [5, 5.41) is 13.9. The first-order chi connectivity index (χ1) is 14.1. The molecule has 0 saturated carbocycles. The molecule has 0 spiro atoms. The standard InChI is InChI=1S/C19H19N7O3/c27-17(7-9-26-19(29)14-3-1-2-4-15(14)23-24-26)22-13-5-6-16(21-11-13)25-10-8-20-18(28)12-25/h1-6,11H,7-10,12H2,(H,20,28)(H,22,27). The van der Waals surface area contributed by atoms with Crippen LogP contribution in [0.2, 0.25) is 0 Å². The number of nitrogens with zero attached hydrogens (tertiary/aromatic N) is 5. The highest BCUT2D eigenvalue weighted by molar-refractivity contribution is 5.90. The highest BCUT2D eigenvalue weighted by Crippen LogP contribution is 2.15. The molecule has 1 fully saturated rings. The fraction of sp³-hybridized carbons (Fsp3) is 0.263. The normalized spacial score (nSPS) is 13.9. The Kier molecular flexibility index (Phi) is 5.14. The summed E-state index contributed by atoms with van der Waals surface area (Å²) in [4.78, 5) is 42.3. The number of nitrogens with one attached hydrogen (secondary N) is 2. The van der Waals surface area contributed by atoms with E-state index in [-0.39, 0.29) is 36.9 Å². The van der Waals surface area contributed by atoms with Crippen LogP contribution in [0.1, 0.15) is 6.42 Å². The van der Waals surface area contributed by atoms with Gasteiger partial charge >= 0.3 is 0 Å². The topological polar surface area (TPSA) is 122 Å². The third-order valence-corrected chi connectivity index (χ3v) is 4.57. The molecule has 2 N–H and O–H groups in total. The van der Waals surface area contributed by atoms with Crippen molar-refractivity contribution in [2.75, 3.05) is 29.9 Å². The number of hydrogen-bond donors (Lipinski definition) is 2. The van der Waals surface area contributed by atoms with E-state index in [0.717, 1.165) is 0 Å². The molecule has 0 unspecified atom stereocenters. The molecule has 1 aromatic carbocycles. The van der Waals surface area contributed by atoms with Gasteiger partial charge in [-0.1, -0.05) is 17.3 Å². The molecule has 148 valence electrons. The van der Waals surface area contributed by atoms with Crippen LogP contribution < -0.4 is 21.1 Å². The smallest absolute Gasteiger partial charge is 0.277 e. The summed E-state index contributed by atoms with van der Waals surface area (Å²) in [5.74, 6) is 0.372. The van der Waals surface area contributed by atoms with Gasteiger partial charge in [-0.15, -0.1) is 5.10 Å². The number of piperazine rings is 1. The van der Waals surface area contributed by atoms with Gasteiger partial charge in [0.2, 0.25) is 11.8 Å². The molecule has 4 rings (SSSR count). The number of rotatable bonds is 5. The number of aromatic nitrogens is 4. The second-order valence-electron chi connectivity index (χ2n) is 6.61. The summed E-state index contributed by atoms with van der Waals surface area (Å²) in [6, 6.07) is 10.4.